The number of rotatable bonds is 1. The number of nitrogens with one attached hydrogen (secondary N) is 1. The summed E-state index contributed by atoms with van der Waals surface area (Å²) in [6.45, 7) is -0.423. The van der Waals surface area contributed by atoms with E-state index in [1.165, 1.54) is 4.90 Å². The van der Waals surface area contributed by atoms with E-state index in [1.807, 2.05) is 0 Å². The molecule has 1 aliphatic heterocycles. The average Bonchev–Trinajstić information content (AvgIpc) is 2.68. The number of carbonyl (C=O) groups excluding carboxylic acids is 1. The minimum Gasteiger partial charge on any atom is -0.353 e. The van der Waals surface area contributed by atoms with Gasteiger partial charge in [0.2, 0.25) is 5.91 Å². The number of piperazine rings is 1. The van der Waals surface area contributed by atoms with Crippen LogP contribution in [-0.2, 0) is 4.79 Å². The van der Waals surface area contributed by atoms with E-state index >= 15 is 0 Å². The number of alkyl halides is 3. The molecule has 1 N–H and O–H groups in total. The van der Waals surface area contributed by atoms with Crippen molar-refractivity contribution in [1.29, 1.82) is 0 Å². The van der Waals surface area contributed by atoms with Crippen LogP contribution >= 0.6 is 0 Å². The quantitative estimate of drug-likeness (QED) is 0.744. The molecule has 16 heavy (non-hydrogen) atoms. The lowest BCUT2D eigenvalue weighted by atomic mass is 10.1. The molecule has 1 saturated carbocycles. The summed E-state index contributed by atoms with van der Waals surface area (Å²) in [4.78, 5) is 12.5. The van der Waals surface area contributed by atoms with Gasteiger partial charge in [0.25, 0.3) is 0 Å². The summed E-state index contributed by atoms with van der Waals surface area (Å²) in [5.41, 5.74) is 0. The summed E-state index contributed by atoms with van der Waals surface area (Å²) in [5.74, 6) is -0.299. The molecule has 6 heteroatoms. The predicted molar refractivity (Wildman–Crippen MR) is 51.8 cm³/mol. The largest absolute Gasteiger partial charge is 0.405 e. The van der Waals surface area contributed by atoms with Crippen LogP contribution in [0.25, 0.3) is 0 Å². The highest BCUT2D eigenvalue weighted by atomic mass is 19.4. The summed E-state index contributed by atoms with van der Waals surface area (Å²) in [5, 5.41) is 2.29. The van der Waals surface area contributed by atoms with Gasteiger partial charge in [0.15, 0.2) is 0 Å². The van der Waals surface area contributed by atoms with Gasteiger partial charge in [-0.2, -0.15) is 13.2 Å². The van der Waals surface area contributed by atoms with Gasteiger partial charge in [-0.1, -0.05) is 12.8 Å². The fourth-order valence-corrected chi connectivity index (χ4v) is 2.58. The van der Waals surface area contributed by atoms with Crippen molar-refractivity contribution in [3.05, 3.63) is 0 Å². The Balaban J connectivity index is 2.11. The van der Waals surface area contributed by atoms with Crippen LogP contribution in [0, 0.1) is 0 Å². The first kappa shape index (κ1) is 11.7. The lowest BCUT2D eigenvalue weighted by Crippen LogP contribution is -2.62. The summed E-state index contributed by atoms with van der Waals surface area (Å²) < 4.78 is 38.3. The molecule has 0 bridgehead atoms. The Kier molecular flexibility index (Phi) is 3.10. The van der Waals surface area contributed by atoms with Gasteiger partial charge in [-0.15, -0.1) is 0 Å². The molecular formula is C10H15F3N2O. The zero-order valence-electron chi connectivity index (χ0n) is 8.89. The van der Waals surface area contributed by atoms with Crippen LogP contribution in [0.3, 0.4) is 0 Å². The highest BCUT2D eigenvalue weighted by Crippen LogP contribution is 2.32. The van der Waals surface area contributed by atoms with E-state index in [9.17, 15) is 18.0 Å². The van der Waals surface area contributed by atoms with Crippen molar-refractivity contribution in [1.82, 2.24) is 10.2 Å². The zero-order chi connectivity index (χ0) is 11.8. The van der Waals surface area contributed by atoms with Crippen LogP contribution in [-0.4, -0.2) is 42.2 Å². The summed E-state index contributed by atoms with van der Waals surface area (Å²) in [7, 11) is 0. The molecule has 2 fully saturated rings. The first-order chi connectivity index (χ1) is 7.48. The van der Waals surface area contributed by atoms with E-state index in [0.29, 0.717) is 0 Å². The van der Waals surface area contributed by atoms with Gasteiger partial charge in [-0.05, 0) is 12.8 Å². The molecule has 0 aromatic heterocycles. The molecule has 1 unspecified atom stereocenters. The molecule has 1 saturated heterocycles. The second-order valence-corrected chi connectivity index (χ2v) is 4.47. The van der Waals surface area contributed by atoms with E-state index in [0.717, 1.165) is 25.7 Å². The van der Waals surface area contributed by atoms with Crippen LogP contribution in [0.5, 0.6) is 0 Å². The minimum absolute atomic E-state index is 0.0716. The van der Waals surface area contributed by atoms with Crippen molar-refractivity contribution in [2.75, 3.05) is 13.1 Å². The van der Waals surface area contributed by atoms with Crippen LogP contribution < -0.4 is 5.32 Å². The molecule has 0 spiro atoms. The molecule has 1 aliphatic carbocycles. The number of halogens is 3. The predicted octanol–water partition coefficient (Wildman–Crippen LogP) is 1.29. The van der Waals surface area contributed by atoms with E-state index in [1.54, 1.807) is 0 Å². The van der Waals surface area contributed by atoms with Gasteiger partial charge in [-0.25, -0.2) is 0 Å². The Morgan fingerprint density at radius 2 is 1.88 bits per heavy atom. The number of hydrogen-bond acceptors (Lipinski definition) is 2. The van der Waals surface area contributed by atoms with E-state index in [-0.39, 0.29) is 25.0 Å². The van der Waals surface area contributed by atoms with Crippen LogP contribution in [0.4, 0.5) is 13.2 Å². The van der Waals surface area contributed by atoms with Crippen molar-refractivity contribution in [2.45, 2.75) is 43.9 Å². The van der Waals surface area contributed by atoms with Crippen LogP contribution in [0.2, 0.25) is 0 Å². The summed E-state index contributed by atoms with van der Waals surface area (Å²) >= 11 is 0. The Morgan fingerprint density at radius 1 is 1.25 bits per heavy atom. The average molecular weight is 236 g/mol. The van der Waals surface area contributed by atoms with Crippen molar-refractivity contribution < 1.29 is 18.0 Å². The maximum atomic E-state index is 12.8. The van der Waals surface area contributed by atoms with E-state index in [4.69, 9.17) is 0 Å². The first-order valence-electron chi connectivity index (χ1n) is 5.57. The molecule has 3 nitrogen and oxygen atoms in total. The molecule has 2 rings (SSSR count). The highest BCUT2D eigenvalue weighted by molar-refractivity contribution is 5.79. The summed E-state index contributed by atoms with van der Waals surface area (Å²) in [6.07, 6.45) is -0.767. The second-order valence-electron chi connectivity index (χ2n) is 4.47. The molecule has 1 amide bonds. The minimum atomic E-state index is -4.25. The van der Waals surface area contributed by atoms with Gasteiger partial charge in [0, 0.05) is 12.6 Å². The van der Waals surface area contributed by atoms with Crippen molar-refractivity contribution in [2.24, 2.45) is 0 Å². The Bertz CT molecular complexity index is 274. The van der Waals surface area contributed by atoms with Crippen molar-refractivity contribution >= 4 is 5.91 Å². The molecule has 0 radical (unpaired) electrons. The lowest BCUT2D eigenvalue weighted by molar-refractivity contribution is -0.194. The van der Waals surface area contributed by atoms with Gasteiger partial charge in [0.05, 0.1) is 6.54 Å². The molecule has 1 heterocycles. The Morgan fingerprint density at radius 3 is 2.44 bits per heavy atom. The smallest absolute Gasteiger partial charge is 0.353 e. The highest BCUT2D eigenvalue weighted by Gasteiger charge is 2.48. The maximum absolute atomic E-state index is 12.8. The molecule has 2 aliphatic rings. The van der Waals surface area contributed by atoms with Gasteiger partial charge >= 0.3 is 6.18 Å². The fraction of sp³-hybridized carbons (Fsp3) is 0.900. The molecular weight excluding hydrogens is 221 g/mol. The second kappa shape index (κ2) is 4.24. The van der Waals surface area contributed by atoms with Crippen molar-refractivity contribution in [3.8, 4) is 0 Å². The summed E-state index contributed by atoms with van der Waals surface area (Å²) in [6, 6.07) is -1.58. The number of nitrogens with zero attached hydrogens (tertiary/aromatic N) is 1. The third-order valence-electron chi connectivity index (χ3n) is 3.39. The molecule has 0 aromatic carbocycles. The van der Waals surface area contributed by atoms with Crippen molar-refractivity contribution in [3.63, 3.8) is 0 Å². The Labute approximate surface area is 92.0 Å². The van der Waals surface area contributed by atoms with Gasteiger partial charge in [-0.3, -0.25) is 9.69 Å². The molecule has 1 atom stereocenters. The topological polar surface area (TPSA) is 32.3 Å². The van der Waals surface area contributed by atoms with Crippen LogP contribution in [0.15, 0.2) is 0 Å². The standard InChI is InChI=1S/C10H15F3N2O/c11-10(12,13)8-5-14-9(16)6-15(8)7-3-1-2-4-7/h7-8H,1-6H2,(H,14,16). The van der Waals surface area contributed by atoms with Crippen LogP contribution in [0.1, 0.15) is 25.7 Å². The molecule has 0 aromatic rings. The number of amides is 1. The monoisotopic (exact) mass is 236 g/mol. The third-order valence-corrected chi connectivity index (χ3v) is 3.39. The Hall–Kier alpha value is -0.780. The first-order valence-corrected chi connectivity index (χ1v) is 5.57. The zero-order valence-corrected chi connectivity index (χ0v) is 8.89. The number of carbonyl (C=O) groups is 1. The van der Waals surface area contributed by atoms with E-state index in [2.05, 4.69) is 5.32 Å². The maximum Gasteiger partial charge on any atom is 0.405 e. The number of hydrogen-bond donors (Lipinski definition) is 1. The van der Waals surface area contributed by atoms with E-state index < -0.39 is 12.2 Å². The molecule has 92 valence electrons. The fourth-order valence-electron chi connectivity index (χ4n) is 2.58. The normalized spacial score (nSPS) is 29.4. The SMILES string of the molecule is O=C1CN(C2CCCC2)C(C(F)(F)F)CN1. The van der Waals surface area contributed by atoms with Gasteiger partial charge < -0.3 is 5.32 Å². The van der Waals surface area contributed by atoms with Gasteiger partial charge in [0.1, 0.15) is 6.04 Å². The lowest BCUT2D eigenvalue weighted by Gasteiger charge is -2.40. The third kappa shape index (κ3) is 2.31.